The Labute approximate surface area is 99.5 Å². The van der Waals surface area contributed by atoms with Crippen LogP contribution in [0.1, 0.15) is 6.42 Å². The third-order valence-corrected chi connectivity index (χ3v) is 3.61. The summed E-state index contributed by atoms with van der Waals surface area (Å²) < 4.78 is 0. The maximum absolute atomic E-state index is 9.35. The van der Waals surface area contributed by atoms with Crippen LogP contribution in [0, 0.1) is 28.1 Å². The Bertz CT molecular complexity index is 659. The highest BCUT2D eigenvalue weighted by atomic mass is 15.2. The van der Waals surface area contributed by atoms with Gasteiger partial charge in [0.15, 0.2) is 5.41 Å². The molecule has 0 saturated carbocycles. The van der Waals surface area contributed by atoms with Gasteiger partial charge in [0.05, 0.1) is 17.8 Å². The van der Waals surface area contributed by atoms with E-state index in [2.05, 4.69) is 23.1 Å². The molecule has 2 aliphatic heterocycles. The lowest BCUT2D eigenvalue weighted by Gasteiger charge is -2.24. The summed E-state index contributed by atoms with van der Waals surface area (Å²) in [4.78, 5) is 2.15. The van der Waals surface area contributed by atoms with Gasteiger partial charge in [-0.1, -0.05) is 30.3 Å². The average molecular weight is 221 g/mol. The molecule has 0 aromatic heterocycles. The molecule has 0 spiro atoms. The lowest BCUT2D eigenvalue weighted by atomic mass is 9.85. The molecule has 1 aromatic rings. The summed E-state index contributed by atoms with van der Waals surface area (Å²) in [6, 6.07) is 12.4. The third kappa shape index (κ3) is 1.20. The molecule has 17 heavy (non-hydrogen) atoms. The summed E-state index contributed by atoms with van der Waals surface area (Å²) >= 11 is 0. The molecule has 0 aliphatic carbocycles. The third-order valence-electron chi connectivity index (χ3n) is 3.61. The van der Waals surface area contributed by atoms with Gasteiger partial charge in [0.2, 0.25) is 0 Å². The number of nitriles is 2. The quantitative estimate of drug-likeness (QED) is 0.634. The van der Waals surface area contributed by atoms with Crippen LogP contribution >= 0.6 is 0 Å². The number of fused-ring (bicyclic) bond motifs is 2. The summed E-state index contributed by atoms with van der Waals surface area (Å²) in [7, 11) is 0. The van der Waals surface area contributed by atoms with Crippen molar-refractivity contribution in [2.75, 3.05) is 13.1 Å². The van der Waals surface area contributed by atoms with Gasteiger partial charge >= 0.3 is 0 Å². The van der Waals surface area contributed by atoms with Crippen LogP contribution in [0.25, 0.3) is 11.8 Å². The van der Waals surface area contributed by atoms with Crippen molar-refractivity contribution in [2.45, 2.75) is 6.42 Å². The zero-order valence-electron chi connectivity index (χ0n) is 9.35. The molecule has 0 atom stereocenters. The number of benzene rings is 1. The highest BCUT2D eigenvalue weighted by Crippen LogP contribution is 2.39. The molecule has 1 saturated heterocycles. The van der Waals surface area contributed by atoms with Crippen LogP contribution in [0.5, 0.6) is 0 Å². The molecule has 3 rings (SSSR count). The monoisotopic (exact) mass is 221 g/mol. The van der Waals surface area contributed by atoms with Crippen LogP contribution in [0.4, 0.5) is 0 Å². The Kier molecular flexibility index (Phi) is 1.97. The lowest BCUT2D eigenvalue weighted by Crippen LogP contribution is -2.40. The molecule has 3 heteroatoms. The predicted molar refractivity (Wildman–Crippen MR) is 63.4 cm³/mol. The van der Waals surface area contributed by atoms with E-state index >= 15 is 0 Å². The molecule has 82 valence electrons. The fourth-order valence-corrected chi connectivity index (χ4v) is 2.73. The molecule has 1 aromatic carbocycles. The van der Waals surface area contributed by atoms with Gasteiger partial charge in [-0.2, -0.15) is 10.5 Å². The molecular formula is C14H11N3. The van der Waals surface area contributed by atoms with E-state index in [0.717, 1.165) is 29.2 Å². The summed E-state index contributed by atoms with van der Waals surface area (Å²) in [5.41, 5.74) is -0.0507. The van der Waals surface area contributed by atoms with E-state index in [-0.39, 0.29) is 0 Å². The Morgan fingerprint density at radius 2 is 1.94 bits per heavy atom. The van der Waals surface area contributed by atoms with Gasteiger partial charge in [0.1, 0.15) is 0 Å². The average Bonchev–Trinajstić information content (AvgIpc) is 2.78. The van der Waals surface area contributed by atoms with Crippen LogP contribution in [-0.4, -0.2) is 18.0 Å². The zero-order valence-corrected chi connectivity index (χ0v) is 9.35. The molecule has 0 amide bonds. The molecule has 2 aliphatic rings. The number of rotatable bonds is 0. The zero-order chi connectivity index (χ0) is 11.9. The first-order valence-corrected chi connectivity index (χ1v) is 5.68. The van der Waals surface area contributed by atoms with Crippen molar-refractivity contribution in [3.8, 4) is 12.1 Å². The summed E-state index contributed by atoms with van der Waals surface area (Å²) in [5, 5.41) is 20.9. The molecule has 0 radical (unpaired) electrons. The van der Waals surface area contributed by atoms with Gasteiger partial charge in [-0.05, 0) is 5.22 Å². The van der Waals surface area contributed by atoms with Crippen molar-refractivity contribution >= 4 is 11.8 Å². The van der Waals surface area contributed by atoms with E-state index in [0.29, 0.717) is 6.42 Å². The number of hydrogen-bond acceptors (Lipinski definition) is 3. The topological polar surface area (TPSA) is 50.8 Å². The first kappa shape index (κ1) is 9.93. The standard InChI is InChI=1S/C14H11N3/c15-9-14(10-16)6-8-17-7-5-11-3-1-2-4-12(11)13(14)17/h1-5H,6-8H2. The summed E-state index contributed by atoms with van der Waals surface area (Å²) in [6.07, 6.45) is 2.77. The van der Waals surface area contributed by atoms with Crippen molar-refractivity contribution in [3.63, 3.8) is 0 Å². The molecule has 2 heterocycles. The van der Waals surface area contributed by atoms with Crippen molar-refractivity contribution < 1.29 is 0 Å². The minimum absolute atomic E-state index is 0.609. The molecule has 0 N–H and O–H groups in total. The fraction of sp³-hybridized carbons (Fsp3) is 0.286. The summed E-state index contributed by atoms with van der Waals surface area (Å²) in [5.74, 6) is 0. The Morgan fingerprint density at radius 1 is 1.18 bits per heavy atom. The van der Waals surface area contributed by atoms with Gasteiger partial charge in [-0.15, -0.1) is 0 Å². The summed E-state index contributed by atoms with van der Waals surface area (Å²) in [6.45, 7) is 1.60. The van der Waals surface area contributed by atoms with Gasteiger partial charge in [0, 0.05) is 24.7 Å². The molecule has 0 unspecified atom stereocenters. The molecule has 1 fully saturated rings. The van der Waals surface area contributed by atoms with Crippen LogP contribution < -0.4 is 10.4 Å². The Morgan fingerprint density at radius 3 is 2.71 bits per heavy atom. The molecule has 0 bridgehead atoms. The number of nitrogens with zero attached hydrogens (tertiary/aromatic N) is 3. The van der Waals surface area contributed by atoms with E-state index < -0.39 is 5.41 Å². The second-order valence-corrected chi connectivity index (χ2v) is 4.46. The van der Waals surface area contributed by atoms with E-state index in [9.17, 15) is 10.5 Å². The number of hydrogen-bond donors (Lipinski definition) is 0. The highest BCUT2D eigenvalue weighted by Gasteiger charge is 2.44. The SMILES string of the molecule is N#CC1(C#N)CCN2CC=c3ccccc3=C21. The maximum atomic E-state index is 9.35. The van der Waals surface area contributed by atoms with Gasteiger partial charge < -0.3 is 4.90 Å². The minimum atomic E-state index is -0.954. The Balaban J connectivity index is 2.43. The normalized spacial score (nSPS) is 19.6. The van der Waals surface area contributed by atoms with Crippen molar-refractivity contribution in [3.05, 3.63) is 34.7 Å². The van der Waals surface area contributed by atoms with Crippen LogP contribution in [0.3, 0.4) is 0 Å². The highest BCUT2D eigenvalue weighted by molar-refractivity contribution is 5.65. The van der Waals surface area contributed by atoms with Crippen LogP contribution in [0.2, 0.25) is 0 Å². The molecular weight excluding hydrogens is 210 g/mol. The Hall–Kier alpha value is -2.26. The lowest BCUT2D eigenvalue weighted by molar-refractivity contribution is 0.487. The second-order valence-electron chi connectivity index (χ2n) is 4.46. The van der Waals surface area contributed by atoms with Crippen LogP contribution in [0.15, 0.2) is 24.3 Å². The van der Waals surface area contributed by atoms with Crippen LogP contribution in [-0.2, 0) is 0 Å². The van der Waals surface area contributed by atoms with E-state index in [1.165, 1.54) is 0 Å². The predicted octanol–water partition coefficient (Wildman–Crippen LogP) is 0.328. The van der Waals surface area contributed by atoms with Gasteiger partial charge in [0.25, 0.3) is 0 Å². The van der Waals surface area contributed by atoms with Crippen molar-refractivity contribution in [2.24, 2.45) is 5.41 Å². The smallest absolute Gasteiger partial charge is 0.185 e. The van der Waals surface area contributed by atoms with Gasteiger partial charge in [-0.3, -0.25) is 0 Å². The minimum Gasteiger partial charge on any atom is -0.368 e. The first-order chi connectivity index (χ1) is 8.30. The van der Waals surface area contributed by atoms with Gasteiger partial charge in [-0.25, -0.2) is 0 Å². The first-order valence-electron chi connectivity index (χ1n) is 5.68. The van der Waals surface area contributed by atoms with Crippen molar-refractivity contribution in [1.82, 2.24) is 4.90 Å². The fourth-order valence-electron chi connectivity index (χ4n) is 2.73. The largest absolute Gasteiger partial charge is 0.368 e. The molecule has 3 nitrogen and oxygen atoms in total. The second kappa shape index (κ2) is 3.37. The van der Waals surface area contributed by atoms with Crippen molar-refractivity contribution in [1.29, 1.82) is 10.5 Å². The van der Waals surface area contributed by atoms with E-state index in [4.69, 9.17) is 0 Å². The van der Waals surface area contributed by atoms with E-state index in [1.54, 1.807) is 0 Å². The maximum Gasteiger partial charge on any atom is 0.185 e. The van der Waals surface area contributed by atoms with E-state index in [1.807, 2.05) is 24.3 Å².